The first-order valence-corrected chi connectivity index (χ1v) is 3.98. The molecule has 6 heteroatoms. The Kier molecular flexibility index (Phi) is 2.98. The lowest BCUT2D eigenvalue weighted by Crippen LogP contribution is -2.26. The number of hydroxylamine groups is 2. The second kappa shape index (κ2) is 4.01. The van der Waals surface area contributed by atoms with Crippen molar-refractivity contribution in [1.82, 2.24) is 15.3 Å². The molecule has 0 unspecified atom stereocenters. The Morgan fingerprint density at radius 2 is 2.21 bits per heavy atom. The van der Waals surface area contributed by atoms with Crippen LogP contribution in [0.15, 0.2) is 6.07 Å². The summed E-state index contributed by atoms with van der Waals surface area (Å²) in [6.07, 6.45) is 0. The van der Waals surface area contributed by atoms with Gasteiger partial charge >= 0.3 is 0 Å². The lowest BCUT2D eigenvalue weighted by atomic mass is 10.2. The van der Waals surface area contributed by atoms with Crippen molar-refractivity contribution in [2.75, 3.05) is 19.9 Å². The normalized spacial score (nSPS) is 9.93. The van der Waals surface area contributed by atoms with E-state index >= 15 is 0 Å². The van der Waals surface area contributed by atoms with Crippen molar-refractivity contribution in [3.8, 4) is 0 Å². The average molecular weight is 196 g/mol. The quantitative estimate of drug-likeness (QED) is 0.673. The summed E-state index contributed by atoms with van der Waals surface area (Å²) in [5.41, 5.74) is 6.43. The van der Waals surface area contributed by atoms with E-state index in [1.807, 2.05) is 0 Å². The number of anilines is 1. The lowest BCUT2D eigenvalue weighted by Gasteiger charge is -2.14. The van der Waals surface area contributed by atoms with E-state index in [4.69, 9.17) is 10.6 Å². The monoisotopic (exact) mass is 196 g/mol. The Bertz CT molecular complexity index is 353. The van der Waals surface area contributed by atoms with Crippen molar-refractivity contribution in [2.45, 2.75) is 6.92 Å². The predicted octanol–water partition coefficient (Wildman–Crippen LogP) is 0.000620. The number of hydrogen-bond acceptors (Lipinski definition) is 5. The van der Waals surface area contributed by atoms with Crippen LogP contribution in [0.4, 0.5) is 5.82 Å². The van der Waals surface area contributed by atoms with E-state index in [2.05, 4.69) is 10.2 Å². The molecule has 1 aromatic heterocycles. The van der Waals surface area contributed by atoms with Crippen LogP contribution in [0.25, 0.3) is 0 Å². The summed E-state index contributed by atoms with van der Waals surface area (Å²) >= 11 is 0. The van der Waals surface area contributed by atoms with Crippen LogP contribution in [-0.2, 0) is 4.84 Å². The first-order chi connectivity index (χ1) is 6.56. The Morgan fingerprint density at radius 1 is 1.57 bits per heavy atom. The van der Waals surface area contributed by atoms with Crippen molar-refractivity contribution in [1.29, 1.82) is 0 Å². The maximum Gasteiger partial charge on any atom is 0.281 e. The standard InChI is InChI=1S/C8H12N4O2/c1-5-4-6(7(9)11-10-5)8(13)12(2)14-3/h4H,1-3H3,(H2,9,11). The first kappa shape index (κ1) is 10.4. The highest BCUT2D eigenvalue weighted by molar-refractivity contribution is 5.97. The fourth-order valence-electron chi connectivity index (χ4n) is 0.922. The second-order valence-corrected chi connectivity index (χ2v) is 2.77. The number of nitrogens with two attached hydrogens (primary N) is 1. The molecular formula is C8H12N4O2. The second-order valence-electron chi connectivity index (χ2n) is 2.77. The number of hydrogen-bond donors (Lipinski definition) is 1. The van der Waals surface area contributed by atoms with Crippen LogP contribution in [0.1, 0.15) is 16.1 Å². The van der Waals surface area contributed by atoms with Gasteiger partial charge in [-0.25, -0.2) is 5.06 Å². The molecule has 1 aromatic rings. The van der Waals surface area contributed by atoms with E-state index in [9.17, 15) is 4.79 Å². The molecule has 6 nitrogen and oxygen atoms in total. The molecule has 1 rings (SSSR count). The third-order valence-electron chi connectivity index (χ3n) is 1.73. The molecule has 0 bridgehead atoms. The summed E-state index contributed by atoms with van der Waals surface area (Å²) in [6.45, 7) is 1.73. The number of nitrogens with zero attached hydrogens (tertiary/aromatic N) is 3. The number of carbonyl (C=O) groups is 1. The Morgan fingerprint density at radius 3 is 2.79 bits per heavy atom. The van der Waals surface area contributed by atoms with Crippen LogP contribution in [0.2, 0.25) is 0 Å². The minimum Gasteiger partial charge on any atom is -0.382 e. The van der Waals surface area contributed by atoms with Crippen molar-refractivity contribution < 1.29 is 9.63 Å². The van der Waals surface area contributed by atoms with Gasteiger partial charge in [0.2, 0.25) is 0 Å². The molecule has 0 radical (unpaired) electrons. The highest BCUT2D eigenvalue weighted by Crippen LogP contribution is 2.10. The van der Waals surface area contributed by atoms with Crippen LogP contribution >= 0.6 is 0 Å². The molecule has 0 aromatic carbocycles. The number of aromatic nitrogens is 2. The molecule has 0 saturated carbocycles. The molecule has 76 valence electrons. The Balaban J connectivity index is 3.06. The summed E-state index contributed by atoms with van der Waals surface area (Å²) in [6, 6.07) is 1.57. The van der Waals surface area contributed by atoms with Gasteiger partial charge in [0, 0.05) is 7.05 Å². The van der Waals surface area contributed by atoms with Crippen molar-refractivity contribution >= 4 is 11.7 Å². The SMILES string of the molecule is CON(C)C(=O)c1cc(C)nnc1N. The fourth-order valence-corrected chi connectivity index (χ4v) is 0.922. The molecule has 0 atom stereocenters. The van der Waals surface area contributed by atoms with E-state index < -0.39 is 0 Å². The Labute approximate surface area is 81.6 Å². The largest absolute Gasteiger partial charge is 0.382 e. The van der Waals surface area contributed by atoms with Crippen molar-refractivity contribution in [2.24, 2.45) is 0 Å². The molecule has 0 aliphatic heterocycles. The van der Waals surface area contributed by atoms with Gasteiger partial charge in [-0.3, -0.25) is 9.63 Å². The van der Waals surface area contributed by atoms with Gasteiger partial charge in [-0.15, -0.1) is 5.10 Å². The summed E-state index contributed by atoms with van der Waals surface area (Å²) < 4.78 is 0. The number of carbonyl (C=O) groups excluding carboxylic acids is 1. The van der Waals surface area contributed by atoms with Gasteiger partial charge < -0.3 is 5.73 Å². The molecule has 1 heterocycles. The van der Waals surface area contributed by atoms with Gasteiger partial charge in [0.15, 0.2) is 5.82 Å². The molecule has 0 fully saturated rings. The van der Waals surface area contributed by atoms with Crippen molar-refractivity contribution in [3.63, 3.8) is 0 Å². The number of rotatable bonds is 2. The van der Waals surface area contributed by atoms with Crippen LogP contribution in [0, 0.1) is 6.92 Å². The van der Waals surface area contributed by atoms with Crippen LogP contribution < -0.4 is 5.73 Å². The smallest absolute Gasteiger partial charge is 0.281 e. The van der Waals surface area contributed by atoms with E-state index in [1.165, 1.54) is 14.2 Å². The first-order valence-electron chi connectivity index (χ1n) is 3.98. The van der Waals surface area contributed by atoms with Gasteiger partial charge in [0.05, 0.1) is 18.4 Å². The lowest BCUT2D eigenvalue weighted by molar-refractivity contribution is -0.0756. The van der Waals surface area contributed by atoms with E-state index in [1.54, 1.807) is 13.0 Å². The highest BCUT2D eigenvalue weighted by Gasteiger charge is 2.15. The summed E-state index contributed by atoms with van der Waals surface area (Å²) in [5, 5.41) is 8.44. The molecule has 0 aliphatic rings. The maximum absolute atomic E-state index is 11.6. The van der Waals surface area contributed by atoms with E-state index in [0.717, 1.165) is 5.06 Å². The summed E-state index contributed by atoms with van der Waals surface area (Å²) in [7, 11) is 2.90. The molecule has 1 amide bonds. The minimum absolute atomic E-state index is 0.101. The zero-order valence-electron chi connectivity index (χ0n) is 8.31. The molecule has 0 spiro atoms. The third-order valence-corrected chi connectivity index (χ3v) is 1.73. The third kappa shape index (κ3) is 1.97. The highest BCUT2D eigenvalue weighted by atomic mass is 16.7. The average Bonchev–Trinajstić information content (AvgIpc) is 2.19. The van der Waals surface area contributed by atoms with E-state index in [0.29, 0.717) is 11.3 Å². The molecule has 0 aliphatic carbocycles. The molecule has 14 heavy (non-hydrogen) atoms. The van der Waals surface area contributed by atoms with Gasteiger partial charge in [-0.1, -0.05) is 0 Å². The van der Waals surface area contributed by atoms with E-state index in [-0.39, 0.29) is 11.7 Å². The van der Waals surface area contributed by atoms with Gasteiger partial charge in [0.1, 0.15) is 0 Å². The minimum atomic E-state index is -0.344. The zero-order chi connectivity index (χ0) is 10.7. The fraction of sp³-hybridized carbons (Fsp3) is 0.375. The number of aryl methyl sites for hydroxylation is 1. The zero-order valence-corrected chi connectivity index (χ0v) is 8.31. The Hall–Kier alpha value is -1.69. The van der Waals surface area contributed by atoms with Gasteiger partial charge in [0.25, 0.3) is 5.91 Å². The van der Waals surface area contributed by atoms with Crippen LogP contribution in [0.3, 0.4) is 0 Å². The number of amides is 1. The van der Waals surface area contributed by atoms with Crippen LogP contribution in [0.5, 0.6) is 0 Å². The maximum atomic E-state index is 11.6. The van der Waals surface area contributed by atoms with Gasteiger partial charge in [-0.2, -0.15) is 5.10 Å². The number of nitrogen functional groups attached to an aromatic ring is 1. The molecule has 2 N–H and O–H groups in total. The topological polar surface area (TPSA) is 81.3 Å². The molecule has 0 saturated heterocycles. The predicted molar refractivity (Wildman–Crippen MR) is 50.3 cm³/mol. The molecular weight excluding hydrogens is 184 g/mol. The van der Waals surface area contributed by atoms with Crippen molar-refractivity contribution in [3.05, 3.63) is 17.3 Å². The summed E-state index contributed by atoms with van der Waals surface area (Å²) in [4.78, 5) is 16.3. The van der Waals surface area contributed by atoms with Crippen LogP contribution in [-0.4, -0.2) is 35.3 Å². The van der Waals surface area contributed by atoms with Gasteiger partial charge in [-0.05, 0) is 13.0 Å². The summed E-state index contributed by atoms with van der Waals surface area (Å²) in [5.74, 6) is -0.243.